The van der Waals surface area contributed by atoms with Crippen LogP contribution in [0.2, 0.25) is 0 Å². The monoisotopic (exact) mass is 247 g/mol. The van der Waals surface area contributed by atoms with Crippen molar-refractivity contribution in [1.29, 1.82) is 0 Å². The van der Waals surface area contributed by atoms with E-state index in [1.807, 2.05) is 18.2 Å². The van der Waals surface area contributed by atoms with Gasteiger partial charge in [-0.3, -0.25) is 4.79 Å². The van der Waals surface area contributed by atoms with Crippen molar-refractivity contribution in [3.8, 4) is 0 Å². The number of carbonyl (C=O) groups is 1. The molecule has 0 bridgehead atoms. The minimum Gasteiger partial charge on any atom is -0.365 e. The summed E-state index contributed by atoms with van der Waals surface area (Å²) < 4.78 is 0. The molecule has 18 heavy (non-hydrogen) atoms. The Morgan fingerprint density at radius 3 is 2.89 bits per heavy atom. The Hall–Kier alpha value is -1.39. The van der Waals surface area contributed by atoms with Gasteiger partial charge in [-0.2, -0.15) is 0 Å². The molecule has 1 heterocycles. The zero-order chi connectivity index (χ0) is 13.1. The molecule has 2 rings (SSSR count). The first kappa shape index (κ1) is 13.1. The lowest BCUT2D eigenvalue weighted by Crippen LogP contribution is -2.55. The fraction of sp³-hybridized carbons (Fsp3) is 0.500. The van der Waals surface area contributed by atoms with Gasteiger partial charge in [0.25, 0.3) is 0 Å². The summed E-state index contributed by atoms with van der Waals surface area (Å²) in [7, 11) is 2.12. The molecule has 1 aromatic rings. The molecule has 0 aliphatic carbocycles. The molecular formula is C14H21N3O. The number of nitrogens with two attached hydrogens (primary N) is 1. The van der Waals surface area contributed by atoms with Crippen LogP contribution in [-0.4, -0.2) is 50.0 Å². The van der Waals surface area contributed by atoms with E-state index in [0.29, 0.717) is 12.6 Å². The Bertz CT molecular complexity index is 433. The van der Waals surface area contributed by atoms with Gasteiger partial charge >= 0.3 is 0 Å². The summed E-state index contributed by atoms with van der Waals surface area (Å²) in [5.74, 6) is 0.107. The average molecular weight is 247 g/mol. The van der Waals surface area contributed by atoms with E-state index in [4.69, 9.17) is 5.73 Å². The van der Waals surface area contributed by atoms with Crippen LogP contribution in [0.1, 0.15) is 17.3 Å². The fourth-order valence-corrected chi connectivity index (χ4v) is 2.46. The second-order valence-corrected chi connectivity index (χ2v) is 4.95. The van der Waals surface area contributed by atoms with Gasteiger partial charge in [-0.1, -0.05) is 12.1 Å². The molecule has 1 atom stereocenters. The molecule has 0 radical (unpaired) electrons. The number of nitrogens with zero attached hydrogens (tertiary/aromatic N) is 2. The van der Waals surface area contributed by atoms with Crippen LogP contribution in [0.25, 0.3) is 0 Å². The summed E-state index contributed by atoms with van der Waals surface area (Å²) in [5, 5.41) is 0. The number of ketones is 1. The molecule has 0 amide bonds. The van der Waals surface area contributed by atoms with Gasteiger partial charge in [-0.25, -0.2) is 0 Å². The minimum absolute atomic E-state index is 0.107. The lowest BCUT2D eigenvalue weighted by atomic mass is 10.1. The van der Waals surface area contributed by atoms with Gasteiger partial charge in [-0.05, 0) is 26.1 Å². The first-order chi connectivity index (χ1) is 8.61. The third-order valence-electron chi connectivity index (χ3n) is 3.54. The van der Waals surface area contributed by atoms with Crippen LogP contribution in [0.3, 0.4) is 0 Å². The number of piperazine rings is 1. The van der Waals surface area contributed by atoms with Gasteiger partial charge in [-0.15, -0.1) is 0 Å². The summed E-state index contributed by atoms with van der Waals surface area (Å²) in [4.78, 5) is 16.0. The molecule has 2 N–H and O–H groups in total. The second kappa shape index (κ2) is 5.50. The summed E-state index contributed by atoms with van der Waals surface area (Å²) in [6.45, 7) is 5.19. The van der Waals surface area contributed by atoms with Crippen molar-refractivity contribution >= 4 is 11.5 Å². The fourth-order valence-electron chi connectivity index (χ4n) is 2.46. The van der Waals surface area contributed by atoms with Gasteiger partial charge in [0.05, 0.1) is 6.04 Å². The normalized spacial score (nSPS) is 21.1. The van der Waals surface area contributed by atoms with Crippen molar-refractivity contribution in [3.05, 3.63) is 29.8 Å². The van der Waals surface area contributed by atoms with Crippen LogP contribution in [0.4, 0.5) is 5.69 Å². The molecule has 1 saturated heterocycles. The molecule has 4 nitrogen and oxygen atoms in total. The van der Waals surface area contributed by atoms with E-state index in [1.165, 1.54) is 0 Å². The maximum absolute atomic E-state index is 11.4. The number of rotatable bonds is 3. The molecule has 1 unspecified atom stereocenters. The summed E-state index contributed by atoms with van der Waals surface area (Å²) in [5.41, 5.74) is 7.72. The third-order valence-corrected chi connectivity index (χ3v) is 3.54. The standard InChI is InChI=1S/C14H21N3O/c1-11(18)12-4-3-5-13(8-12)17-7-6-16(2)10-14(17)9-15/h3-5,8,14H,6-7,9-10,15H2,1-2H3. The zero-order valence-corrected chi connectivity index (χ0v) is 11.1. The van der Waals surface area contributed by atoms with Crippen molar-refractivity contribution in [1.82, 2.24) is 4.90 Å². The number of hydrogen-bond acceptors (Lipinski definition) is 4. The quantitative estimate of drug-likeness (QED) is 0.809. The van der Waals surface area contributed by atoms with Crippen LogP contribution in [-0.2, 0) is 0 Å². The third kappa shape index (κ3) is 2.71. The van der Waals surface area contributed by atoms with E-state index >= 15 is 0 Å². The Morgan fingerprint density at radius 2 is 2.22 bits per heavy atom. The van der Waals surface area contributed by atoms with E-state index in [0.717, 1.165) is 30.9 Å². The molecule has 0 spiro atoms. The van der Waals surface area contributed by atoms with E-state index in [1.54, 1.807) is 6.92 Å². The lowest BCUT2D eigenvalue weighted by Gasteiger charge is -2.41. The molecule has 4 heteroatoms. The van der Waals surface area contributed by atoms with E-state index in [-0.39, 0.29) is 5.78 Å². The minimum atomic E-state index is 0.107. The Labute approximate surface area is 108 Å². The Kier molecular flexibility index (Phi) is 3.99. The second-order valence-electron chi connectivity index (χ2n) is 4.95. The Morgan fingerprint density at radius 1 is 1.44 bits per heavy atom. The first-order valence-electron chi connectivity index (χ1n) is 6.38. The van der Waals surface area contributed by atoms with Crippen molar-refractivity contribution in [2.24, 2.45) is 5.73 Å². The number of anilines is 1. The Balaban J connectivity index is 2.24. The van der Waals surface area contributed by atoms with Crippen LogP contribution in [0.15, 0.2) is 24.3 Å². The lowest BCUT2D eigenvalue weighted by molar-refractivity contribution is 0.101. The van der Waals surface area contributed by atoms with Crippen molar-refractivity contribution in [2.45, 2.75) is 13.0 Å². The highest BCUT2D eigenvalue weighted by atomic mass is 16.1. The maximum Gasteiger partial charge on any atom is 0.159 e. The number of benzene rings is 1. The molecular weight excluding hydrogens is 226 g/mol. The van der Waals surface area contributed by atoms with Crippen LogP contribution >= 0.6 is 0 Å². The van der Waals surface area contributed by atoms with Gasteiger partial charge in [0.1, 0.15) is 0 Å². The largest absolute Gasteiger partial charge is 0.365 e. The van der Waals surface area contributed by atoms with Crippen LogP contribution < -0.4 is 10.6 Å². The van der Waals surface area contributed by atoms with Crippen molar-refractivity contribution in [2.75, 3.05) is 38.1 Å². The molecule has 1 aromatic carbocycles. The first-order valence-corrected chi connectivity index (χ1v) is 6.38. The summed E-state index contributed by atoms with van der Waals surface area (Å²) >= 11 is 0. The molecule has 0 saturated carbocycles. The molecule has 1 fully saturated rings. The highest BCUT2D eigenvalue weighted by molar-refractivity contribution is 5.95. The van der Waals surface area contributed by atoms with Crippen LogP contribution in [0.5, 0.6) is 0 Å². The summed E-state index contributed by atoms with van der Waals surface area (Å²) in [6.07, 6.45) is 0. The maximum atomic E-state index is 11.4. The molecule has 1 aliphatic rings. The molecule has 1 aliphatic heterocycles. The highest BCUT2D eigenvalue weighted by Gasteiger charge is 2.24. The SMILES string of the molecule is CC(=O)c1cccc(N2CCN(C)CC2CN)c1. The van der Waals surface area contributed by atoms with Gasteiger partial charge in [0, 0.05) is 37.4 Å². The predicted octanol–water partition coefficient (Wildman–Crippen LogP) is 0.968. The number of likely N-dealkylation sites (N-methyl/N-ethyl adjacent to an activating group) is 1. The van der Waals surface area contributed by atoms with Gasteiger partial charge in [0.15, 0.2) is 5.78 Å². The van der Waals surface area contributed by atoms with Crippen molar-refractivity contribution in [3.63, 3.8) is 0 Å². The van der Waals surface area contributed by atoms with Gasteiger partial charge in [0.2, 0.25) is 0 Å². The van der Waals surface area contributed by atoms with E-state index < -0.39 is 0 Å². The molecule has 98 valence electrons. The van der Waals surface area contributed by atoms with Gasteiger partial charge < -0.3 is 15.5 Å². The smallest absolute Gasteiger partial charge is 0.159 e. The number of Topliss-reactive ketones (excluding diaryl/α,β-unsaturated/α-hetero) is 1. The number of carbonyl (C=O) groups excluding carboxylic acids is 1. The highest BCUT2D eigenvalue weighted by Crippen LogP contribution is 2.21. The predicted molar refractivity (Wildman–Crippen MR) is 74.1 cm³/mol. The van der Waals surface area contributed by atoms with Crippen molar-refractivity contribution < 1.29 is 4.79 Å². The average Bonchev–Trinajstić information content (AvgIpc) is 2.38. The van der Waals surface area contributed by atoms with Crippen LogP contribution in [0, 0.1) is 0 Å². The summed E-state index contributed by atoms with van der Waals surface area (Å²) in [6, 6.07) is 8.15. The van der Waals surface area contributed by atoms with E-state index in [2.05, 4.69) is 22.9 Å². The number of hydrogen-bond donors (Lipinski definition) is 1. The molecule has 0 aromatic heterocycles. The van der Waals surface area contributed by atoms with E-state index in [9.17, 15) is 4.79 Å². The topological polar surface area (TPSA) is 49.6 Å². The zero-order valence-electron chi connectivity index (χ0n) is 11.1.